The van der Waals surface area contributed by atoms with Crippen LogP contribution in [0.15, 0.2) is 47.3 Å². The van der Waals surface area contributed by atoms with Crippen molar-refractivity contribution < 1.29 is 0 Å². The van der Waals surface area contributed by atoms with E-state index < -0.39 is 0 Å². The van der Waals surface area contributed by atoms with Crippen molar-refractivity contribution in [2.24, 2.45) is 0 Å². The van der Waals surface area contributed by atoms with E-state index in [9.17, 15) is 0 Å². The molecular weight excluding hydrogens is 270 g/mol. The van der Waals surface area contributed by atoms with E-state index in [1.54, 1.807) is 10.9 Å². The molecule has 0 atom stereocenters. The number of hydrogen-bond acceptors (Lipinski definition) is 1. The molecule has 0 bridgehead atoms. The summed E-state index contributed by atoms with van der Waals surface area (Å²) in [4.78, 5) is 0. The van der Waals surface area contributed by atoms with Crippen molar-refractivity contribution in [1.82, 2.24) is 0 Å². The Morgan fingerprint density at radius 1 is 0.952 bits per heavy atom. The predicted octanol–water partition coefficient (Wildman–Crippen LogP) is 5.83. The molecule has 0 radical (unpaired) electrons. The Morgan fingerprint density at radius 3 is 2.05 bits per heavy atom. The van der Waals surface area contributed by atoms with Crippen LogP contribution in [0.5, 0.6) is 0 Å². The molecule has 0 aromatic heterocycles. The Labute approximate surface area is 134 Å². The number of hydrogen-bond donors (Lipinski definition) is 0. The van der Waals surface area contributed by atoms with Gasteiger partial charge in [-0.3, -0.25) is 0 Å². The first-order chi connectivity index (χ1) is 10.2. The van der Waals surface area contributed by atoms with Gasteiger partial charge in [-0.05, 0) is 30.9 Å². The monoisotopic (exact) mass is 294 g/mol. The van der Waals surface area contributed by atoms with E-state index in [4.69, 9.17) is 0 Å². The van der Waals surface area contributed by atoms with Crippen molar-refractivity contribution in [3.63, 3.8) is 0 Å². The van der Waals surface area contributed by atoms with E-state index in [1.165, 1.54) is 24.0 Å². The van der Waals surface area contributed by atoms with E-state index in [-0.39, 0.29) is 0 Å². The van der Waals surface area contributed by atoms with Gasteiger partial charge in [0, 0.05) is 0 Å². The SMILES string of the molecule is C/C=C/c1ccc(/C=C/B2SB(C)C(CC)=C2CC)cc1. The van der Waals surface area contributed by atoms with Crippen molar-refractivity contribution in [2.45, 2.75) is 40.4 Å². The number of rotatable bonds is 5. The number of benzene rings is 1. The topological polar surface area (TPSA) is 0 Å². The van der Waals surface area contributed by atoms with Crippen molar-refractivity contribution >= 4 is 35.6 Å². The van der Waals surface area contributed by atoms with Crippen molar-refractivity contribution in [2.75, 3.05) is 0 Å². The molecule has 0 spiro atoms. The lowest BCUT2D eigenvalue weighted by Gasteiger charge is -2.06. The van der Waals surface area contributed by atoms with Crippen molar-refractivity contribution in [3.8, 4) is 0 Å². The van der Waals surface area contributed by atoms with Gasteiger partial charge < -0.3 is 0 Å². The fourth-order valence-electron chi connectivity index (χ4n) is 3.04. The molecule has 0 fully saturated rings. The van der Waals surface area contributed by atoms with Crippen LogP contribution in [0.4, 0.5) is 0 Å². The third-order valence-electron chi connectivity index (χ3n) is 4.12. The van der Waals surface area contributed by atoms with Crippen LogP contribution < -0.4 is 0 Å². The van der Waals surface area contributed by atoms with Gasteiger partial charge in [0.15, 0.2) is 0 Å². The molecule has 0 aliphatic carbocycles. The minimum absolute atomic E-state index is 0.565. The average molecular weight is 294 g/mol. The first-order valence-electron chi connectivity index (χ1n) is 7.97. The van der Waals surface area contributed by atoms with Crippen LogP contribution in [-0.2, 0) is 0 Å². The van der Waals surface area contributed by atoms with E-state index in [1.807, 2.05) is 0 Å². The van der Waals surface area contributed by atoms with Crippen molar-refractivity contribution in [1.29, 1.82) is 0 Å². The highest BCUT2D eigenvalue weighted by Gasteiger charge is 2.32. The minimum atomic E-state index is 0.565. The third kappa shape index (κ3) is 3.97. The van der Waals surface area contributed by atoms with Gasteiger partial charge in [-0.2, -0.15) is 0 Å². The van der Waals surface area contributed by atoms with Gasteiger partial charge in [0.1, 0.15) is 0 Å². The summed E-state index contributed by atoms with van der Waals surface area (Å²) >= 11 is 2.09. The van der Waals surface area contributed by atoms with E-state index in [2.05, 4.69) is 87.5 Å². The summed E-state index contributed by atoms with van der Waals surface area (Å²) < 4.78 is 0. The van der Waals surface area contributed by atoms with E-state index in [0.717, 1.165) is 0 Å². The largest absolute Gasteiger partial charge is 0.251 e. The molecule has 21 heavy (non-hydrogen) atoms. The Morgan fingerprint density at radius 2 is 1.52 bits per heavy atom. The first-order valence-corrected chi connectivity index (χ1v) is 8.92. The molecule has 0 unspecified atom stereocenters. The predicted molar refractivity (Wildman–Crippen MR) is 103 cm³/mol. The highest BCUT2D eigenvalue weighted by molar-refractivity contribution is 8.47. The summed E-state index contributed by atoms with van der Waals surface area (Å²) in [6.45, 7) is 8.97. The zero-order chi connectivity index (χ0) is 15.2. The van der Waals surface area contributed by atoms with Crippen LogP contribution in [0.2, 0.25) is 6.82 Å². The molecule has 108 valence electrons. The fraction of sp³-hybridized carbons (Fsp3) is 0.333. The highest BCUT2D eigenvalue weighted by atomic mass is 32.2. The lowest BCUT2D eigenvalue weighted by molar-refractivity contribution is 1.10. The van der Waals surface area contributed by atoms with Crippen LogP contribution in [0.3, 0.4) is 0 Å². The third-order valence-corrected chi connectivity index (χ3v) is 5.55. The Balaban J connectivity index is 2.12. The number of allylic oxidation sites excluding steroid dienone is 3. The molecule has 3 heteroatoms. The second kappa shape index (κ2) is 7.79. The zero-order valence-electron chi connectivity index (χ0n) is 13.6. The first kappa shape index (κ1) is 16.3. The summed E-state index contributed by atoms with van der Waals surface area (Å²) in [5, 5.41) is 0. The average Bonchev–Trinajstić information content (AvgIpc) is 2.81. The lowest BCUT2D eigenvalue weighted by atomic mass is 9.57. The second-order valence-electron chi connectivity index (χ2n) is 5.48. The molecule has 0 nitrogen and oxygen atoms in total. The van der Waals surface area contributed by atoms with Crippen LogP contribution in [-0.4, -0.2) is 12.0 Å². The summed E-state index contributed by atoms with van der Waals surface area (Å²) in [5.41, 5.74) is 5.87. The summed E-state index contributed by atoms with van der Waals surface area (Å²) in [7, 11) is 0. The molecule has 1 heterocycles. The summed E-state index contributed by atoms with van der Waals surface area (Å²) in [6, 6.07) is 8.76. The summed E-state index contributed by atoms with van der Waals surface area (Å²) in [5.74, 6) is 3.62. The maximum Gasteiger partial charge on any atom is 0.251 e. The van der Waals surface area contributed by atoms with Crippen LogP contribution in [0, 0.1) is 0 Å². The van der Waals surface area contributed by atoms with Crippen LogP contribution >= 0.6 is 11.5 Å². The molecule has 2 rings (SSSR count). The van der Waals surface area contributed by atoms with Crippen LogP contribution in [0.1, 0.15) is 44.7 Å². The molecule has 0 saturated heterocycles. The molecular formula is C18H24B2S. The summed E-state index contributed by atoms with van der Waals surface area (Å²) in [6.07, 6.45) is 8.85. The van der Waals surface area contributed by atoms with Gasteiger partial charge in [0.05, 0.1) is 0 Å². The van der Waals surface area contributed by atoms with Gasteiger partial charge in [-0.25, -0.2) is 11.5 Å². The maximum absolute atomic E-state index is 2.38. The van der Waals surface area contributed by atoms with Gasteiger partial charge in [0.25, 0.3) is 5.99 Å². The Kier molecular flexibility index (Phi) is 6.05. The molecule has 0 saturated carbocycles. The maximum atomic E-state index is 2.38. The fourth-order valence-corrected chi connectivity index (χ4v) is 4.62. The smallest absolute Gasteiger partial charge is 0.240 e. The lowest BCUT2D eigenvalue weighted by Crippen LogP contribution is -2.05. The normalized spacial score (nSPS) is 16.0. The standard InChI is InChI=1S/C18H24B2S/c1-5-8-15-9-11-16(12-10-15)13-14-20-18(7-3)17(6-2)19(4)21-20/h5,8-14H,6-7H2,1-4H3/b8-5+,14-13+. The van der Waals surface area contributed by atoms with E-state index in [0.29, 0.717) is 12.0 Å². The van der Waals surface area contributed by atoms with Crippen LogP contribution in [0.25, 0.3) is 12.2 Å². The van der Waals surface area contributed by atoms with Gasteiger partial charge in [-0.1, -0.05) is 80.1 Å². The van der Waals surface area contributed by atoms with E-state index >= 15 is 0 Å². The minimum Gasteiger partial charge on any atom is -0.240 e. The molecule has 1 aliphatic rings. The van der Waals surface area contributed by atoms with Gasteiger partial charge in [-0.15, -0.1) is 0 Å². The zero-order valence-corrected chi connectivity index (χ0v) is 14.4. The second-order valence-corrected chi connectivity index (χ2v) is 6.97. The molecule has 0 N–H and O–H groups in total. The Bertz CT molecular complexity index is 555. The molecule has 1 aromatic carbocycles. The Hall–Kier alpha value is -1.08. The molecule has 0 amide bonds. The van der Waals surface area contributed by atoms with Gasteiger partial charge >= 0.3 is 0 Å². The van der Waals surface area contributed by atoms with Crippen molar-refractivity contribution in [3.05, 3.63) is 58.4 Å². The molecule has 1 aliphatic heterocycles. The molecule has 1 aromatic rings. The van der Waals surface area contributed by atoms with Gasteiger partial charge in [0.2, 0.25) is 5.99 Å². The highest BCUT2D eigenvalue weighted by Crippen LogP contribution is 2.37. The quantitative estimate of drug-likeness (QED) is 0.616.